The van der Waals surface area contributed by atoms with Gasteiger partial charge in [0.25, 0.3) is 0 Å². The van der Waals surface area contributed by atoms with E-state index in [1.54, 1.807) is 24.5 Å². The van der Waals surface area contributed by atoms with Crippen LogP contribution in [0.1, 0.15) is 6.92 Å². The Kier molecular flexibility index (Phi) is 4.32. The Morgan fingerprint density at radius 2 is 2.19 bits per heavy atom. The van der Waals surface area contributed by atoms with E-state index < -0.39 is 5.82 Å². The molecule has 110 valence electrons. The van der Waals surface area contributed by atoms with Crippen molar-refractivity contribution >= 4 is 17.5 Å². The van der Waals surface area contributed by atoms with Gasteiger partial charge in [-0.25, -0.2) is 9.07 Å². The Bertz CT molecular complexity index is 655. The first-order valence-electron chi connectivity index (χ1n) is 6.28. The maximum Gasteiger partial charge on any atom is 0.243 e. The fraction of sp³-hybridized carbons (Fsp3) is 0.214. The lowest BCUT2D eigenvalue weighted by atomic mass is 10.2. The molecule has 0 radical (unpaired) electrons. The summed E-state index contributed by atoms with van der Waals surface area (Å²) in [4.78, 5) is 24.0. The summed E-state index contributed by atoms with van der Waals surface area (Å²) in [5, 5.41) is 6.48. The highest BCUT2D eigenvalue weighted by molar-refractivity contribution is 5.94. The molecule has 0 unspecified atom stereocenters. The minimum Gasteiger partial charge on any atom is -0.337 e. The van der Waals surface area contributed by atoms with Gasteiger partial charge in [0.2, 0.25) is 11.8 Å². The molecular weight excluding hydrogens is 275 g/mol. The standard InChI is InChI=1S/C14H15FN4O2/c1-10(20)18(2)9-14(21)17-11-4-5-13(12(15)8-11)19-7-3-6-16-19/h3-8H,9H2,1-2H3,(H,17,21). The SMILES string of the molecule is CC(=O)N(C)CC(=O)Nc1ccc(-n2cccn2)c(F)c1. The molecule has 0 spiro atoms. The average Bonchev–Trinajstić information content (AvgIpc) is 2.92. The summed E-state index contributed by atoms with van der Waals surface area (Å²) in [5.41, 5.74) is 0.615. The van der Waals surface area contributed by atoms with Crippen molar-refractivity contribution in [2.75, 3.05) is 18.9 Å². The van der Waals surface area contributed by atoms with E-state index in [9.17, 15) is 14.0 Å². The lowest BCUT2D eigenvalue weighted by Gasteiger charge is -2.14. The monoisotopic (exact) mass is 290 g/mol. The lowest BCUT2D eigenvalue weighted by molar-refractivity contribution is -0.131. The molecule has 0 aliphatic carbocycles. The molecule has 0 atom stereocenters. The van der Waals surface area contributed by atoms with Gasteiger partial charge in [-0.15, -0.1) is 0 Å². The number of nitrogens with one attached hydrogen (secondary N) is 1. The van der Waals surface area contributed by atoms with E-state index in [2.05, 4.69) is 10.4 Å². The topological polar surface area (TPSA) is 67.2 Å². The van der Waals surface area contributed by atoms with Crippen LogP contribution in [0.25, 0.3) is 5.69 Å². The third-order valence-electron chi connectivity index (χ3n) is 2.90. The minimum absolute atomic E-state index is 0.0855. The van der Waals surface area contributed by atoms with E-state index in [0.717, 1.165) is 0 Å². The summed E-state index contributed by atoms with van der Waals surface area (Å²) in [6.07, 6.45) is 3.17. The number of halogens is 1. The van der Waals surface area contributed by atoms with Crippen molar-refractivity contribution in [3.8, 4) is 5.69 Å². The zero-order chi connectivity index (χ0) is 15.4. The fourth-order valence-electron chi connectivity index (χ4n) is 1.71. The Morgan fingerprint density at radius 3 is 2.76 bits per heavy atom. The van der Waals surface area contributed by atoms with Gasteiger partial charge in [0, 0.05) is 32.1 Å². The van der Waals surface area contributed by atoms with Crippen molar-refractivity contribution in [1.29, 1.82) is 0 Å². The van der Waals surface area contributed by atoms with Crippen LogP contribution in [0.3, 0.4) is 0 Å². The second-order valence-electron chi connectivity index (χ2n) is 4.54. The number of amides is 2. The first kappa shape index (κ1) is 14.7. The fourth-order valence-corrected chi connectivity index (χ4v) is 1.71. The minimum atomic E-state index is -0.503. The van der Waals surface area contributed by atoms with Crippen LogP contribution in [0.15, 0.2) is 36.7 Å². The van der Waals surface area contributed by atoms with Crippen LogP contribution in [0.2, 0.25) is 0 Å². The van der Waals surface area contributed by atoms with Crippen molar-refractivity contribution in [2.45, 2.75) is 6.92 Å². The van der Waals surface area contributed by atoms with Gasteiger partial charge >= 0.3 is 0 Å². The molecule has 1 aromatic carbocycles. The molecule has 0 aliphatic rings. The van der Waals surface area contributed by atoms with Gasteiger partial charge < -0.3 is 10.2 Å². The van der Waals surface area contributed by atoms with Gasteiger partial charge in [-0.2, -0.15) is 5.10 Å². The highest BCUT2D eigenvalue weighted by Gasteiger charge is 2.11. The summed E-state index contributed by atoms with van der Waals surface area (Å²) in [5.74, 6) is -1.11. The summed E-state index contributed by atoms with van der Waals surface area (Å²) >= 11 is 0. The molecule has 1 N–H and O–H groups in total. The zero-order valence-corrected chi connectivity index (χ0v) is 11.7. The van der Waals surface area contributed by atoms with E-state index >= 15 is 0 Å². The number of anilines is 1. The maximum atomic E-state index is 14.0. The number of benzene rings is 1. The van der Waals surface area contributed by atoms with Crippen molar-refractivity contribution in [1.82, 2.24) is 14.7 Å². The summed E-state index contributed by atoms with van der Waals surface area (Å²) in [7, 11) is 1.52. The van der Waals surface area contributed by atoms with Crippen LogP contribution >= 0.6 is 0 Å². The molecule has 0 saturated carbocycles. The van der Waals surface area contributed by atoms with E-state index in [0.29, 0.717) is 11.4 Å². The van der Waals surface area contributed by atoms with Crippen molar-refractivity contribution < 1.29 is 14.0 Å². The van der Waals surface area contributed by atoms with Crippen LogP contribution in [0.5, 0.6) is 0 Å². The number of aromatic nitrogens is 2. The number of carbonyl (C=O) groups is 2. The highest BCUT2D eigenvalue weighted by atomic mass is 19.1. The quantitative estimate of drug-likeness (QED) is 0.926. The molecule has 7 heteroatoms. The lowest BCUT2D eigenvalue weighted by Crippen LogP contribution is -2.33. The zero-order valence-electron chi connectivity index (χ0n) is 11.7. The Morgan fingerprint density at radius 1 is 1.43 bits per heavy atom. The van der Waals surface area contributed by atoms with Crippen LogP contribution in [0, 0.1) is 5.82 Å². The van der Waals surface area contributed by atoms with Crippen molar-refractivity contribution in [3.05, 3.63) is 42.5 Å². The van der Waals surface area contributed by atoms with Gasteiger partial charge in [0.15, 0.2) is 5.82 Å². The van der Waals surface area contributed by atoms with Crippen LogP contribution in [-0.4, -0.2) is 40.1 Å². The van der Waals surface area contributed by atoms with Crippen LogP contribution in [-0.2, 0) is 9.59 Å². The predicted octanol–water partition coefficient (Wildman–Crippen LogP) is 1.43. The molecule has 2 amide bonds. The summed E-state index contributed by atoms with van der Waals surface area (Å²) < 4.78 is 15.4. The third-order valence-corrected chi connectivity index (χ3v) is 2.90. The van der Waals surface area contributed by atoms with Gasteiger partial charge in [-0.3, -0.25) is 9.59 Å². The Labute approximate surface area is 121 Å². The number of hydrogen-bond acceptors (Lipinski definition) is 3. The largest absolute Gasteiger partial charge is 0.337 e. The number of rotatable bonds is 4. The second-order valence-corrected chi connectivity index (χ2v) is 4.54. The van der Waals surface area contributed by atoms with Gasteiger partial charge in [0.05, 0.1) is 6.54 Å². The molecule has 1 heterocycles. The summed E-state index contributed by atoms with van der Waals surface area (Å²) in [6.45, 7) is 1.28. The first-order valence-corrected chi connectivity index (χ1v) is 6.28. The van der Waals surface area contributed by atoms with Gasteiger partial charge in [-0.1, -0.05) is 0 Å². The first-order chi connectivity index (χ1) is 9.97. The molecule has 0 aliphatic heterocycles. The Hall–Kier alpha value is -2.70. The normalized spacial score (nSPS) is 10.2. The summed E-state index contributed by atoms with van der Waals surface area (Å²) in [6, 6.07) is 5.99. The smallest absolute Gasteiger partial charge is 0.243 e. The Balaban J connectivity index is 2.07. The molecule has 2 aromatic rings. The van der Waals surface area contributed by atoms with Gasteiger partial charge in [0.1, 0.15) is 5.69 Å². The van der Waals surface area contributed by atoms with E-state index in [1.165, 1.54) is 35.7 Å². The molecule has 6 nitrogen and oxygen atoms in total. The number of carbonyl (C=O) groups excluding carboxylic acids is 2. The molecular formula is C14H15FN4O2. The van der Waals surface area contributed by atoms with E-state index in [-0.39, 0.29) is 18.4 Å². The van der Waals surface area contributed by atoms with Crippen molar-refractivity contribution in [2.24, 2.45) is 0 Å². The van der Waals surface area contributed by atoms with E-state index in [1.807, 2.05) is 0 Å². The molecule has 0 bridgehead atoms. The molecule has 0 fully saturated rings. The van der Waals surface area contributed by atoms with Gasteiger partial charge in [-0.05, 0) is 24.3 Å². The van der Waals surface area contributed by atoms with Crippen LogP contribution in [0.4, 0.5) is 10.1 Å². The molecule has 2 rings (SSSR count). The average molecular weight is 290 g/mol. The number of likely N-dealkylation sites (N-methyl/N-ethyl adjacent to an activating group) is 1. The number of nitrogens with zero attached hydrogens (tertiary/aromatic N) is 3. The predicted molar refractivity (Wildman–Crippen MR) is 75.5 cm³/mol. The molecule has 0 saturated heterocycles. The number of hydrogen-bond donors (Lipinski definition) is 1. The van der Waals surface area contributed by atoms with E-state index in [4.69, 9.17) is 0 Å². The molecule has 1 aromatic heterocycles. The third kappa shape index (κ3) is 3.65. The molecule has 21 heavy (non-hydrogen) atoms. The van der Waals surface area contributed by atoms with Crippen LogP contribution < -0.4 is 5.32 Å². The van der Waals surface area contributed by atoms with Crippen molar-refractivity contribution in [3.63, 3.8) is 0 Å². The second kappa shape index (κ2) is 6.17. The maximum absolute atomic E-state index is 14.0. The highest BCUT2D eigenvalue weighted by Crippen LogP contribution is 2.17.